The van der Waals surface area contributed by atoms with E-state index >= 15 is 0 Å². The Morgan fingerprint density at radius 2 is 1.68 bits per heavy atom. The predicted octanol–water partition coefficient (Wildman–Crippen LogP) is 3.88. The molecular weight excluding hydrogens is 268 g/mol. The molecule has 1 N–H and O–H groups in total. The van der Waals surface area contributed by atoms with Gasteiger partial charge >= 0.3 is 0 Å². The number of rotatable bonds is 4. The number of hydrogen-bond donors (Lipinski definition) is 1. The highest BCUT2D eigenvalue weighted by molar-refractivity contribution is 5.34. The minimum atomic E-state index is 0.539. The Morgan fingerprint density at radius 1 is 1.00 bits per heavy atom. The van der Waals surface area contributed by atoms with Crippen LogP contribution in [0.15, 0.2) is 54.6 Å². The lowest BCUT2D eigenvalue weighted by molar-refractivity contribution is 0.316. The summed E-state index contributed by atoms with van der Waals surface area (Å²) in [6.45, 7) is 2.23. The monoisotopic (exact) mass is 290 g/mol. The number of piperidine rings is 1. The molecule has 1 aliphatic heterocycles. The summed E-state index contributed by atoms with van der Waals surface area (Å²) in [6.07, 6.45) is 3.55. The molecule has 0 aliphatic carbocycles. The third kappa shape index (κ3) is 3.55. The van der Waals surface area contributed by atoms with E-state index < -0.39 is 0 Å². The van der Waals surface area contributed by atoms with Crippen molar-refractivity contribution >= 4 is 0 Å². The second-order valence-corrected chi connectivity index (χ2v) is 6.12. The molecule has 0 radical (unpaired) electrons. The highest BCUT2D eigenvalue weighted by Crippen LogP contribution is 2.34. The largest absolute Gasteiger partial charge is 0.317 e. The Balaban J connectivity index is 1.85. The molecule has 1 heterocycles. The van der Waals surface area contributed by atoms with Gasteiger partial charge < -0.3 is 5.32 Å². The van der Waals surface area contributed by atoms with Gasteiger partial charge in [-0.15, -0.1) is 0 Å². The van der Waals surface area contributed by atoms with E-state index in [1.807, 2.05) is 12.1 Å². The van der Waals surface area contributed by atoms with E-state index in [1.165, 1.54) is 24.0 Å². The maximum absolute atomic E-state index is 8.99. The SMILES string of the molecule is N#Cc1ccc(C(Cc2ccccc2)C2CCNCC2)cc1. The first-order chi connectivity index (χ1) is 10.9. The predicted molar refractivity (Wildman–Crippen MR) is 89.6 cm³/mol. The number of nitrogens with one attached hydrogen (secondary N) is 1. The topological polar surface area (TPSA) is 35.8 Å². The molecule has 0 amide bonds. The molecule has 0 saturated carbocycles. The summed E-state index contributed by atoms with van der Waals surface area (Å²) in [4.78, 5) is 0. The lowest BCUT2D eigenvalue weighted by Crippen LogP contribution is -2.31. The van der Waals surface area contributed by atoms with Crippen molar-refractivity contribution in [3.63, 3.8) is 0 Å². The molecule has 0 spiro atoms. The smallest absolute Gasteiger partial charge is 0.0991 e. The molecule has 1 fully saturated rings. The molecular formula is C20H22N2. The minimum absolute atomic E-state index is 0.539. The van der Waals surface area contributed by atoms with Crippen molar-refractivity contribution in [3.05, 3.63) is 71.3 Å². The second kappa shape index (κ2) is 7.24. The van der Waals surface area contributed by atoms with Crippen LogP contribution in [0.5, 0.6) is 0 Å². The van der Waals surface area contributed by atoms with E-state index in [4.69, 9.17) is 5.26 Å². The van der Waals surface area contributed by atoms with Gasteiger partial charge in [-0.1, -0.05) is 42.5 Å². The molecule has 22 heavy (non-hydrogen) atoms. The van der Waals surface area contributed by atoms with Crippen molar-refractivity contribution < 1.29 is 0 Å². The first-order valence-electron chi connectivity index (χ1n) is 8.11. The van der Waals surface area contributed by atoms with Crippen LogP contribution in [0.2, 0.25) is 0 Å². The van der Waals surface area contributed by atoms with Gasteiger partial charge in [-0.25, -0.2) is 0 Å². The van der Waals surface area contributed by atoms with Crippen molar-refractivity contribution in [2.24, 2.45) is 5.92 Å². The van der Waals surface area contributed by atoms with Gasteiger partial charge in [0.15, 0.2) is 0 Å². The number of nitriles is 1. The Labute approximate surface area is 132 Å². The highest BCUT2D eigenvalue weighted by Gasteiger charge is 2.25. The Bertz CT molecular complexity index is 619. The van der Waals surface area contributed by atoms with E-state index in [0.29, 0.717) is 5.92 Å². The van der Waals surface area contributed by atoms with Crippen LogP contribution in [0.25, 0.3) is 0 Å². The van der Waals surface area contributed by atoms with Crippen LogP contribution in [0.3, 0.4) is 0 Å². The van der Waals surface area contributed by atoms with Gasteiger partial charge in [0, 0.05) is 0 Å². The first kappa shape index (κ1) is 14.8. The van der Waals surface area contributed by atoms with Gasteiger partial charge in [0.25, 0.3) is 0 Å². The quantitative estimate of drug-likeness (QED) is 0.927. The van der Waals surface area contributed by atoms with Crippen molar-refractivity contribution in [1.29, 1.82) is 5.26 Å². The summed E-state index contributed by atoms with van der Waals surface area (Å²) >= 11 is 0. The third-order valence-corrected chi connectivity index (χ3v) is 4.72. The first-order valence-corrected chi connectivity index (χ1v) is 8.11. The van der Waals surface area contributed by atoms with Gasteiger partial charge in [0.05, 0.1) is 11.6 Å². The summed E-state index contributed by atoms with van der Waals surface area (Å²) in [5.41, 5.74) is 3.51. The molecule has 1 saturated heterocycles. The van der Waals surface area contributed by atoms with Crippen molar-refractivity contribution in [1.82, 2.24) is 5.32 Å². The zero-order valence-electron chi connectivity index (χ0n) is 12.8. The van der Waals surface area contributed by atoms with Gasteiger partial charge in [0.2, 0.25) is 0 Å². The zero-order valence-corrected chi connectivity index (χ0v) is 12.8. The highest BCUT2D eigenvalue weighted by atomic mass is 14.9. The minimum Gasteiger partial charge on any atom is -0.317 e. The summed E-state index contributed by atoms with van der Waals surface area (Å²) < 4.78 is 0. The fourth-order valence-corrected chi connectivity index (χ4v) is 3.48. The lowest BCUT2D eigenvalue weighted by Gasteiger charge is -2.31. The van der Waals surface area contributed by atoms with E-state index in [-0.39, 0.29) is 0 Å². The third-order valence-electron chi connectivity index (χ3n) is 4.72. The number of nitrogens with zero attached hydrogens (tertiary/aromatic N) is 1. The normalized spacial score (nSPS) is 16.9. The van der Waals surface area contributed by atoms with E-state index in [1.54, 1.807) is 0 Å². The van der Waals surface area contributed by atoms with Crippen LogP contribution in [-0.2, 0) is 6.42 Å². The molecule has 1 atom stereocenters. The van der Waals surface area contributed by atoms with Gasteiger partial charge in [-0.3, -0.25) is 0 Å². The van der Waals surface area contributed by atoms with Crippen LogP contribution >= 0.6 is 0 Å². The van der Waals surface area contributed by atoms with Crippen LogP contribution in [0.4, 0.5) is 0 Å². The maximum atomic E-state index is 8.99. The lowest BCUT2D eigenvalue weighted by atomic mass is 9.77. The Hall–Kier alpha value is -2.11. The average Bonchev–Trinajstić information content (AvgIpc) is 2.61. The van der Waals surface area contributed by atoms with Crippen LogP contribution in [-0.4, -0.2) is 13.1 Å². The maximum Gasteiger partial charge on any atom is 0.0991 e. The summed E-state index contributed by atoms with van der Waals surface area (Å²) in [5, 5.41) is 12.5. The molecule has 1 unspecified atom stereocenters. The molecule has 2 heteroatoms. The summed E-state index contributed by atoms with van der Waals surface area (Å²) in [6, 6.07) is 21.2. The standard InChI is InChI=1S/C20H22N2/c21-15-17-6-8-18(9-7-17)20(19-10-12-22-13-11-19)14-16-4-2-1-3-5-16/h1-9,19-20,22H,10-14H2. The van der Waals surface area contributed by atoms with Crippen molar-refractivity contribution in [2.45, 2.75) is 25.2 Å². The fraction of sp³-hybridized carbons (Fsp3) is 0.350. The molecule has 2 aromatic carbocycles. The summed E-state index contributed by atoms with van der Waals surface area (Å²) in [7, 11) is 0. The van der Waals surface area contributed by atoms with Crippen molar-refractivity contribution in [3.8, 4) is 6.07 Å². The van der Waals surface area contributed by atoms with Gasteiger partial charge in [-0.2, -0.15) is 5.26 Å². The summed E-state index contributed by atoms with van der Waals surface area (Å²) in [5.74, 6) is 1.26. The molecule has 1 aliphatic rings. The molecule has 0 bridgehead atoms. The molecule has 2 nitrogen and oxygen atoms in total. The molecule has 3 rings (SSSR count). The van der Waals surface area contributed by atoms with Crippen LogP contribution in [0.1, 0.15) is 35.4 Å². The molecule has 2 aromatic rings. The average molecular weight is 290 g/mol. The van der Waals surface area contributed by atoms with E-state index in [2.05, 4.69) is 53.9 Å². The van der Waals surface area contributed by atoms with E-state index in [9.17, 15) is 0 Å². The second-order valence-electron chi connectivity index (χ2n) is 6.12. The molecule has 0 aromatic heterocycles. The van der Waals surface area contributed by atoms with E-state index in [0.717, 1.165) is 31.0 Å². The number of benzene rings is 2. The Morgan fingerprint density at radius 3 is 2.32 bits per heavy atom. The molecule has 112 valence electrons. The zero-order chi connectivity index (χ0) is 15.2. The number of hydrogen-bond acceptors (Lipinski definition) is 2. The van der Waals surface area contributed by atoms with Crippen LogP contribution < -0.4 is 5.32 Å². The fourth-order valence-electron chi connectivity index (χ4n) is 3.48. The van der Waals surface area contributed by atoms with Crippen molar-refractivity contribution in [2.75, 3.05) is 13.1 Å². The van der Waals surface area contributed by atoms with Gasteiger partial charge in [0.1, 0.15) is 0 Å². The van der Waals surface area contributed by atoms with Gasteiger partial charge in [-0.05, 0) is 67.4 Å². The Kier molecular flexibility index (Phi) is 4.88. The van der Waals surface area contributed by atoms with Crippen LogP contribution in [0, 0.1) is 17.2 Å².